The molecule has 0 fully saturated rings. The van der Waals surface area contributed by atoms with Crippen molar-refractivity contribution in [3.63, 3.8) is 0 Å². The number of anilines is 2. The molecule has 0 spiro atoms. The Balaban J connectivity index is 1.83. The molecule has 0 unspecified atom stereocenters. The zero-order chi connectivity index (χ0) is 17.6. The van der Waals surface area contributed by atoms with Crippen LogP contribution < -0.4 is 10.6 Å². The Labute approximate surface area is 138 Å². The molecule has 2 N–H and O–H groups in total. The average Bonchev–Trinajstić information content (AvgIpc) is 2.55. The second kappa shape index (κ2) is 7.86. The molecule has 24 heavy (non-hydrogen) atoms. The molecule has 0 saturated heterocycles. The molecule has 0 atom stereocenters. The highest BCUT2D eigenvalue weighted by atomic mass is 19.4. The van der Waals surface area contributed by atoms with Crippen LogP contribution in [0.5, 0.6) is 0 Å². The van der Waals surface area contributed by atoms with Crippen molar-refractivity contribution in [2.45, 2.75) is 25.9 Å². The van der Waals surface area contributed by atoms with E-state index in [0.717, 1.165) is 24.2 Å². The second-order valence-electron chi connectivity index (χ2n) is 5.35. The van der Waals surface area contributed by atoms with Crippen LogP contribution in [0.1, 0.15) is 24.5 Å². The van der Waals surface area contributed by atoms with Crippen LogP contribution in [0.25, 0.3) is 0 Å². The van der Waals surface area contributed by atoms with Crippen molar-refractivity contribution < 1.29 is 18.0 Å². The number of hydrogen-bond donors (Lipinski definition) is 2. The number of hydrogen-bond acceptors (Lipinski definition) is 2. The van der Waals surface area contributed by atoms with E-state index in [9.17, 15) is 18.0 Å². The van der Waals surface area contributed by atoms with Gasteiger partial charge in [-0.15, -0.1) is 0 Å². The van der Waals surface area contributed by atoms with Crippen molar-refractivity contribution in [2.24, 2.45) is 0 Å². The third-order valence-electron chi connectivity index (χ3n) is 3.52. The minimum absolute atomic E-state index is 0.141. The molecule has 0 bridgehead atoms. The Bertz CT molecular complexity index is 681. The average molecular weight is 336 g/mol. The molecule has 0 aromatic heterocycles. The summed E-state index contributed by atoms with van der Waals surface area (Å²) in [6, 6.07) is 12.5. The molecule has 2 aromatic rings. The van der Waals surface area contributed by atoms with Gasteiger partial charge in [-0.25, -0.2) is 0 Å². The van der Waals surface area contributed by atoms with E-state index in [1.807, 2.05) is 24.3 Å². The summed E-state index contributed by atoms with van der Waals surface area (Å²) in [5.41, 5.74) is 1.48. The maximum Gasteiger partial charge on any atom is 0.416 e. The molecule has 0 radical (unpaired) electrons. The number of amides is 1. The summed E-state index contributed by atoms with van der Waals surface area (Å²) in [7, 11) is 0. The molecular formula is C18H19F3N2O. The monoisotopic (exact) mass is 336 g/mol. The first-order valence-electron chi connectivity index (χ1n) is 7.68. The van der Waals surface area contributed by atoms with Gasteiger partial charge in [0.1, 0.15) is 0 Å². The highest BCUT2D eigenvalue weighted by molar-refractivity contribution is 5.91. The molecule has 1 amide bonds. The summed E-state index contributed by atoms with van der Waals surface area (Å²) in [4.78, 5) is 11.8. The van der Waals surface area contributed by atoms with Gasteiger partial charge in [0.2, 0.25) is 5.91 Å². The van der Waals surface area contributed by atoms with Crippen LogP contribution in [-0.2, 0) is 17.4 Å². The largest absolute Gasteiger partial charge is 0.416 e. The van der Waals surface area contributed by atoms with E-state index >= 15 is 0 Å². The van der Waals surface area contributed by atoms with Crippen LogP contribution in [0.2, 0.25) is 0 Å². The Morgan fingerprint density at radius 2 is 1.75 bits per heavy atom. The predicted octanol–water partition coefficient (Wildman–Crippen LogP) is 4.71. The van der Waals surface area contributed by atoms with Crippen molar-refractivity contribution >= 4 is 17.3 Å². The molecule has 0 saturated carbocycles. The fraction of sp³-hybridized carbons (Fsp3) is 0.278. The smallest absolute Gasteiger partial charge is 0.385 e. The third kappa shape index (κ3) is 5.30. The highest BCUT2D eigenvalue weighted by Gasteiger charge is 2.30. The molecular weight excluding hydrogens is 317 g/mol. The van der Waals surface area contributed by atoms with Crippen LogP contribution in [0.4, 0.5) is 24.5 Å². The molecule has 2 aromatic carbocycles. The first kappa shape index (κ1) is 17.8. The van der Waals surface area contributed by atoms with Crippen molar-refractivity contribution in [1.82, 2.24) is 0 Å². The number of benzene rings is 2. The second-order valence-corrected chi connectivity index (χ2v) is 5.35. The van der Waals surface area contributed by atoms with E-state index < -0.39 is 11.7 Å². The van der Waals surface area contributed by atoms with Crippen LogP contribution in [0, 0.1) is 0 Å². The van der Waals surface area contributed by atoms with E-state index in [0.29, 0.717) is 6.54 Å². The maximum atomic E-state index is 12.6. The summed E-state index contributed by atoms with van der Waals surface area (Å²) in [6.07, 6.45) is -3.31. The molecule has 0 aliphatic carbocycles. The van der Waals surface area contributed by atoms with Crippen LogP contribution >= 0.6 is 0 Å². The fourth-order valence-corrected chi connectivity index (χ4v) is 2.18. The zero-order valence-corrected chi connectivity index (χ0v) is 13.3. The zero-order valence-electron chi connectivity index (χ0n) is 13.3. The molecule has 0 aliphatic rings. The van der Waals surface area contributed by atoms with Gasteiger partial charge >= 0.3 is 6.18 Å². The number of carbonyl (C=O) groups is 1. The molecule has 2 rings (SSSR count). The van der Waals surface area contributed by atoms with Gasteiger partial charge in [-0.2, -0.15) is 13.2 Å². The van der Waals surface area contributed by atoms with Crippen molar-refractivity contribution in [3.8, 4) is 0 Å². The molecule has 0 aliphatic heterocycles. The standard InChI is InChI=1S/C18H19F3N2O/c1-2-13-6-8-15(9-7-13)22-11-10-17(24)23-16-5-3-4-14(12-16)18(19,20)21/h3-9,12,22H,2,10-11H2,1H3,(H,23,24). The summed E-state index contributed by atoms with van der Waals surface area (Å²) >= 11 is 0. The number of alkyl halides is 3. The molecule has 3 nitrogen and oxygen atoms in total. The Kier molecular flexibility index (Phi) is 5.84. The Morgan fingerprint density at radius 3 is 2.38 bits per heavy atom. The van der Waals surface area contributed by atoms with Crippen LogP contribution in [0.3, 0.4) is 0 Å². The van der Waals surface area contributed by atoms with Gasteiger partial charge < -0.3 is 10.6 Å². The van der Waals surface area contributed by atoms with E-state index in [1.54, 1.807) is 0 Å². The summed E-state index contributed by atoms with van der Waals surface area (Å²) in [5, 5.41) is 5.59. The van der Waals surface area contributed by atoms with Crippen molar-refractivity contribution in [3.05, 3.63) is 59.7 Å². The lowest BCUT2D eigenvalue weighted by atomic mass is 10.1. The number of aryl methyl sites for hydroxylation is 1. The lowest BCUT2D eigenvalue weighted by Gasteiger charge is -2.10. The topological polar surface area (TPSA) is 41.1 Å². The lowest BCUT2D eigenvalue weighted by molar-refractivity contribution is -0.137. The fourth-order valence-electron chi connectivity index (χ4n) is 2.18. The van der Waals surface area contributed by atoms with Crippen LogP contribution in [0.15, 0.2) is 48.5 Å². The lowest BCUT2D eigenvalue weighted by Crippen LogP contribution is -2.16. The summed E-state index contributed by atoms with van der Waals surface area (Å²) in [6.45, 7) is 2.47. The SMILES string of the molecule is CCc1ccc(NCCC(=O)Nc2cccc(C(F)(F)F)c2)cc1. The van der Waals surface area contributed by atoms with Gasteiger partial charge in [-0.3, -0.25) is 4.79 Å². The van der Waals surface area contributed by atoms with Gasteiger partial charge in [0.05, 0.1) is 5.56 Å². The first-order chi connectivity index (χ1) is 11.4. The number of rotatable bonds is 6. The maximum absolute atomic E-state index is 12.6. The van der Waals surface area contributed by atoms with Gasteiger partial charge in [0.15, 0.2) is 0 Å². The van der Waals surface area contributed by atoms with Gasteiger partial charge in [0, 0.05) is 24.3 Å². The van der Waals surface area contributed by atoms with Gasteiger partial charge in [0.25, 0.3) is 0 Å². The predicted molar refractivity (Wildman–Crippen MR) is 89.0 cm³/mol. The molecule has 0 heterocycles. The Hall–Kier alpha value is -2.50. The molecule has 128 valence electrons. The highest BCUT2D eigenvalue weighted by Crippen LogP contribution is 2.30. The minimum atomic E-state index is -4.42. The number of halogens is 3. The van der Waals surface area contributed by atoms with Crippen molar-refractivity contribution in [2.75, 3.05) is 17.2 Å². The third-order valence-corrected chi connectivity index (χ3v) is 3.52. The minimum Gasteiger partial charge on any atom is -0.385 e. The van der Waals surface area contributed by atoms with E-state index in [1.165, 1.54) is 17.7 Å². The molecule has 6 heteroatoms. The normalized spacial score (nSPS) is 11.2. The van der Waals surface area contributed by atoms with E-state index in [-0.39, 0.29) is 18.0 Å². The number of carbonyl (C=O) groups excluding carboxylic acids is 1. The summed E-state index contributed by atoms with van der Waals surface area (Å²) in [5.74, 6) is -0.341. The first-order valence-corrected chi connectivity index (χ1v) is 7.68. The summed E-state index contributed by atoms with van der Waals surface area (Å²) < 4.78 is 37.9. The van der Waals surface area contributed by atoms with Gasteiger partial charge in [-0.1, -0.05) is 25.1 Å². The van der Waals surface area contributed by atoms with Gasteiger partial charge in [-0.05, 0) is 42.3 Å². The van der Waals surface area contributed by atoms with E-state index in [4.69, 9.17) is 0 Å². The Morgan fingerprint density at radius 1 is 1.04 bits per heavy atom. The van der Waals surface area contributed by atoms with Crippen LogP contribution in [-0.4, -0.2) is 12.5 Å². The number of nitrogens with one attached hydrogen (secondary N) is 2. The quantitative estimate of drug-likeness (QED) is 0.802. The van der Waals surface area contributed by atoms with E-state index in [2.05, 4.69) is 17.6 Å². The van der Waals surface area contributed by atoms with Crippen molar-refractivity contribution in [1.29, 1.82) is 0 Å².